The van der Waals surface area contributed by atoms with Gasteiger partial charge in [0.25, 0.3) is 0 Å². The lowest BCUT2D eigenvalue weighted by Gasteiger charge is -2.02. The van der Waals surface area contributed by atoms with Gasteiger partial charge in [-0.3, -0.25) is 0 Å². The van der Waals surface area contributed by atoms with Crippen LogP contribution in [-0.2, 0) is 0 Å². The first-order chi connectivity index (χ1) is 3.00. The third-order valence-electron chi connectivity index (χ3n) is 0.518. The van der Waals surface area contributed by atoms with Crippen LogP contribution in [-0.4, -0.2) is 6.54 Å². The van der Waals surface area contributed by atoms with E-state index in [2.05, 4.69) is 9.44 Å². The molecule has 0 radical (unpaired) electrons. The molecule has 1 aliphatic rings. The van der Waals surface area contributed by atoms with Crippen molar-refractivity contribution < 1.29 is 0 Å². The molecule has 0 saturated heterocycles. The maximum Gasteiger partial charge on any atom is 0.0339 e. The minimum Gasteiger partial charge on any atom is -0.324 e. The van der Waals surface area contributed by atoms with Gasteiger partial charge in [0, 0.05) is 24.9 Å². The van der Waals surface area contributed by atoms with E-state index in [1.165, 1.54) is 12.1 Å². The molecule has 1 rings (SSSR count). The van der Waals surface area contributed by atoms with Crippen molar-refractivity contribution in [3.05, 3.63) is 12.3 Å². The molecule has 0 saturated carbocycles. The molecule has 2 nitrogen and oxygen atoms in total. The predicted molar refractivity (Wildman–Crippen MR) is 27.9 cm³/mol. The first kappa shape index (κ1) is 4.02. The minimum atomic E-state index is 0.970. The van der Waals surface area contributed by atoms with Crippen LogP contribution in [0.25, 0.3) is 0 Å². The van der Waals surface area contributed by atoms with Crippen LogP contribution in [0.4, 0.5) is 0 Å². The van der Waals surface area contributed by atoms with Gasteiger partial charge in [0.2, 0.25) is 0 Å². The van der Waals surface area contributed by atoms with Gasteiger partial charge < -0.3 is 4.72 Å². The van der Waals surface area contributed by atoms with Crippen LogP contribution in [0.2, 0.25) is 0 Å². The molecular weight excluding hydrogens is 96.1 g/mol. The molecule has 1 aliphatic heterocycles. The zero-order chi connectivity index (χ0) is 4.24. The van der Waals surface area contributed by atoms with E-state index in [1.807, 2.05) is 12.3 Å². The monoisotopic (exact) mass is 102 g/mol. The molecule has 0 fully saturated rings. The van der Waals surface area contributed by atoms with Crippen LogP contribution < -0.4 is 9.44 Å². The van der Waals surface area contributed by atoms with Gasteiger partial charge >= 0.3 is 0 Å². The maximum absolute atomic E-state index is 3.00. The van der Waals surface area contributed by atoms with E-state index in [-0.39, 0.29) is 0 Å². The van der Waals surface area contributed by atoms with E-state index in [9.17, 15) is 0 Å². The quantitative estimate of drug-likeness (QED) is 0.429. The van der Waals surface area contributed by atoms with Gasteiger partial charge in [-0.25, -0.2) is 4.72 Å². The summed E-state index contributed by atoms with van der Waals surface area (Å²) in [6.45, 7) is 0.970. The number of hydrogen-bond acceptors (Lipinski definition) is 3. The molecule has 3 heteroatoms. The van der Waals surface area contributed by atoms with E-state index in [4.69, 9.17) is 0 Å². The van der Waals surface area contributed by atoms with Crippen molar-refractivity contribution in [2.75, 3.05) is 6.54 Å². The van der Waals surface area contributed by atoms with Gasteiger partial charge in [-0.05, 0) is 0 Å². The third-order valence-corrected chi connectivity index (χ3v) is 1.08. The Labute approximate surface area is 41.3 Å². The van der Waals surface area contributed by atoms with Crippen LogP contribution in [0.3, 0.4) is 0 Å². The highest BCUT2D eigenvalue weighted by Crippen LogP contribution is 1.88. The van der Waals surface area contributed by atoms with E-state index in [0.29, 0.717) is 0 Å². The van der Waals surface area contributed by atoms with Crippen molar-refractivity contribution >= 4 is 12.1 Å². The predicted octanol–water partition coefficient (Wildman–Crippen LogP) is 0.256. The Morgan fingerprint density at radius 3 is 2.83 bits per heavy atom. The number of nitrogens with one attached hydrogen (secondary N) is 2. The van der Waals surface area contributed by atoms with Crippen LogP contribution >= 0.6 is 12.1 Å². The zero-order valence-corrected chi connectivity index (χ0v) is 4.09. The van der Waals surface area contributed by atoms with Gasteiger partial charge in [0.15, 0.2) is 0 Å². The summed E-state index contributed by atoms with van der Waals surface area (Å²) in [6.07, 6.45) is 3.94. The Kier molecular flexibility index (Phi) is 1.41. The van der Waals surface area contributed by atoms with Gasteiger partial charge in [-0.1, -0.05) is 6.08 Å². The van der Waals surface area contributed by atoms with Gasteiger partial charge in [0.05, 0.1) is 0 Å². The van der Waals surface area contributed by atoms with Gasteiger partial charge in [0.1, 0.15) is 0 Å². The fourth-order valence-electron chi connectivity index (χ4n) is 0.273. The second-order valence-electron chi connectivity index (χ2n) is 0.971. The summed E-state index contributed by atoms with van der Waals surface area (Å²) in [4.78, 5) is 0. The molecule has 0 unspecified atom stereocenters. The van der Waals surface area contributed by atoms with E-state index < -0.39 is 0 Å². The highest BCUT2D eigenvalue weighted by Gasteiger charge is 1.83. The molecule has 0 spiro atoms. The summed E-state index contributed by atoms with van der Waals surface area (Å²) in [5.41, 5.74) is 0. The first-order valence-corrected chi connectivity index (χ1v) is 2.61. The second kappa shape index (κ2) is 2.10. The molecule has 0 aromatic carbocycles. The molecule has 2 N–H and O–H groups in total. The normalized spacial score (nSPS) is 20.0. The fraction of sp³-hybridized carbons (Fsp3) is 0.333. The van der Waals surface area contributed by atoms with Crippen molar-refractivity contribution in [2.45, 2.75) is 0 Å². The third kappa shape index (κ3) is 0.914. The van der Waals surface area contributed by atoms with Gasteiger partial charge in [-0.15, -0.1) is 0 Å². The van der Waals surface area contributed by atoms with E-state index >= 15 is 0 Å². The van der Waals surface area contributed by atoms with Crippen LogP contribution in [0.1, 0.15) is 0 Å². The van der Waals surface area contributed by atoms with Crippen LogP contribution in [0, 0.1) is 0 Å². The largest absolute Gasteiger partial charge is 0.324 e. The maximum atomic E-state index is 3.00. The zero-order valence-electron chi connectivity index (χ0n) is 3.27. The molecule has 1 heterocycles. The number of rotatable bonds is 0. The first-order valence-electron chi connectivity index (χ1n) is 1.79. The summed E-state index contributed by atoms with van der Waals surface area (Å²) in [5.74, 6) is 0. The molecule has 0 bridgehead atoms. The average Bonchev–Trinajstić information content (AvgIpc) is 1.72. The Morgan fingerprint density at radius 2 is 2.67 bits per heavy atom. The molecule has 0 aliphatic carbocycles. The summed E-state index contributed by atoms with van der Waals surface area (Å²) < 4.78 is 5.91. The standard InChI is InChI=1S/C3H6N2S/c1-2-4-6-5-3-1/h1-2,4-5H,3H2. The fourth-order valence-corrected chi connectivity index (χ4v) is 0.700. The Balaban J connectivity index is 2.26. The lowest BCUT2D eigenvalue weighted by Crippen LogP contribution is -2.13. The number of hydrogen-bond donors (Lipinski definition) is 2. The van der Waals surface area contributed by atoms with E-state index in [0.717, 1.165) is 6.54 Å². The van der Waals surface area contributed by atoms with Gasteiger partial charge in [-0.2, -0.15) is 0 Å². The summed E-state index contributed by atoms with van der Waals surface area (Å²) in [5, 5.41) is 0. The van der Waals surface area contributed by atoms with Crippen LogP contribution in [0.15, 0.2) is 12.3 Å². The Bertz CT molecular complexity index is 53.8. The van der Waals surface area contributed by atoms with Crippen molar-refractivity contribution in [3.8, 4) is 0 Å². The molecule has 0 aromatic rings. The summed E-state index contributed by atoms with van der Waals surface area (Å²) in [7, 11) is 0. The van der Waals surface area contributed by atoms with Crippen molar-refractivity contribution in [2.24, 2.45) is 0 Å². The van der Waals surface area contributed by atoms with Crippen molar-refractivity contribution in [1.29, 1.82) is 0 Å². The lowest BCUT2D eigenvalue weighted by molar-refractivity contribution is 1.07. The Hall–Kier alpha value is -0.150. The van der Waals surface area contributed by atoms with Crippen molar-refractivity contribution in [1.82, 2.24) is 9.44 Å². The topological polar surface area (TPSA) is 24.1 Å². The van der Waals surface area contributed by atoms with Crippen LogP contribution in [0.5, 0.6) is 0 Å². The summed E-state index contributed by atoms with van der Waals surface area (Å²) in [6, 6.07) is 0. The SMILES string of the molecule is C1=CNSNC1. The molecule has 0 aromatic heterocycles. The second-order valence-corrected chi connectivity index (χ2v) is 1.70. The molecular formula is C3H6N2S. The molecule has 34 valence electrons. The van der Waals surface area contributed by atoms with Crippen molar-refractivity contribution in [3.63, 3.8) is 0 Å². The molecule has 6 heavy (non-hydrogen) atoms. The molecule has 0 atom stereocenters. The lowest BCUT2D eigenvalue weighted by atomic mass is 10.6. The average molecular weight is 102 g/mol. The Morgan fingerprint density at radius 1 is 1.67 bits per heavy atom. The highest BCUT2D eigenvalue weighted by atomic mass is 32.2. The molecule has 0 amide bonds. The highest BCUT2D eigenvalue weighted by molar-refractivity contribution is 7.95. The minimum absolute atomic E-state index is 0.970. The van der Waals surface area contributed by atoms with E-state index in [1.54, 1.807) is 0 Å². The smallest absolute Gasteiger partial charge is 0.0339 e. The summed E-state index contributed by atoms with van der Waals surface area (Å²) >= 11 is 1.51.